The fourth-order valence-electron chi connectivity index (χ4n) is 6.17. The van der Waals surface area contributed by atoms with Crippen LogP contribution in [0.1, 0.15) is 123 Å². The van der Waals surface area contributed by atoms with Crippen LogP contribution in [0.25, 0.3) is 11.1 Å². The van der Waals surface area contributed by atoms with Gasteiger partial charge in [-0.25, -0.2) is 4.39 Å². The van der Waals surface area contributed by atoms with E-state index in [1.165, 1.54) is 95.5 Å². The quantitative estimate of drug-likeness (QED) is 0.211. The zero-order chi connectivity index (χ0) is 25.6. The average molecular weight is 495 g/mol. The van der Waals surface area contributed by atoms with Crippen LogP contribution >= 0.6 is 0 Å². The molecule has 1 fully saturated rings. The van der Waals surface area contributed by atoms with Gasteiger partial charge in [-0.1, -0.05) is 116 Å². The first-order valence-corrected chi connectivity index (χ1v) is 15.2. The summed E-state index contributed by atoms with van der Waals surface area (Å²) in [4.78, 5) is 0. The molecule has 0 aliphatic heterocycles. The molecule has 1 nitrogen and oxygen atoms in total. The molecule has 1 aliphatic carbocycles. The van der Waals surface area contributed by atoms with Gasteiger partial charge in [0, 0.05) is 11.6 Å². The number of halogens is 1. The lowest BCUT2D eigenvalue weighted by atomic mass is 9.77. The monoisotopic (exact) mass is 494 g/mol. The van der Waals surface area contributed by atoms with Crippen molar-refractivity contribution in [3.05, 3.63) is 53.8 Å². The van der Waals surface area contributed by atoms with E-state index in [0.717, 1.165) is 18.4 Å². The van der Waals surface area contributed by atoms with Gasteiger partial charge in [0.25, 0.3) is 0 Å². The lowest BCUT2D eigenvalue weighted by Gasteiger charge is -2.36. The van der Waals surface area contributed by atoms with E-state index in [4.69, 9.17) is 4.74 Å². The fraction of sp³-hybridized carbons (Fsp3) is 0.647. The molecule has 3 rings (SSSR count). The summed E-state index contributed by atoms with van der Waals surface area (Å²) < 4.78 is 22.0. The Labute approximate surface area is 221 Å². The summed E-state index contributed by atoms with van der Waals surface area (Å²) in [5, 5.41) is 0. The van der Waals surface area contributed by atoms with Crippen LogP contribution in [0.15, 0.2) is 42.5 Å². The Kier molecular flexibility index (Phi) is 12.9. The summed E-state index contributed by atoms with van der Waals surface area (Å²) in [6, 6.07) is 13.9. The fourth-order valence-corrected chi connectivity index (χ4v) is 6.17. The zero-order valence-electron chi connectivity index (χ0n) is 23.4. The van der Waals surface area contributed by atoms with Gasteiger partial charge in [-0.05, 0) is 67.2 Å². The van der Waals surface area contributed by atoms with Crippen LogP contribution in [-0.2, 0) is 6.42 Å². The SMILES string of the molecule is CCCCCCCCC(CCC)C(Oc1ccc(-c2ccc(CCC)cc2)c(F)c1)C1CCCCC1. The molecular formula is C34H51FO. The normalized spacial score (nSPS) is 16.1. The van der Waals surface area contributed by atoms with Gasteiger partial charge in [0.1, 0.15) is 17.7 Å². The van der Waals surface area contributed by atoms with E-state index in [-0.39, 0.29) is 11.9 Å². The Balaban J connectivity index is 1.72. The van der Waals surface area contributed by atoms with E-state index < -0.39 is 0 Å². The van der Waals surface area contributed by atoms with Gasteiger partial charge in [0.05, 0.1) is 0 Å². The van der Waals surface area contributed by atoms with E-state index in [2.05, 4.69) is 32.9 Å². The zero-order valence-corrected chi connectivity index (χ0v) is 23.4. The second-order valence-corrected chi connectivity index (χ2v) is 11.2. The molecular weight excluding hydrogens is 443 g/mol. The standard InChI is InChI=1S/C34H51FO/c1-4-7-8-9-10-12-17-29(16-6-3)34(30-18-13-11-14-19-30)36-31-24-25-32(33(35)26-31)28-22-20-27(15-5-2)21-23-28/h20-26,29-30,34H,4-19H2,1-3H3. The maximum Gasteiger partial charge on any atom is 0.134 e. The van der Waals surface area contributed by atoms with Crippen LogP contribution in [0.3, 0.4) is 0 Å². The molecule has 36 heavy (non-hydrogen) atoms. The summed E-state index contributed by atoms with van der Waals surface area (Å²) in [7, 11) is 0. The molecule has 2 atom stereocenters. The van der Waals surface area contributed by atoms with Crippen molar-refractivity contribution in [3.8, 4) is 16.9 Å². The first-order valence-electron chi connectivity index (χ1n) is 15.2. The van der Waals surface area contributed by atoms with Crippen molar-refractivity contribution in [2.45, 2.75) is 130 Å². The average Bonchev–Trinajstić information content (AvgIpc) is 2.90. The Morgan fingerprint density at radius 1 is 0.778 bits per heavy atom. The number of unbranched alkanes of at least 4 members (excludes halogenated alkanes) is 5. The van der Waals surface area contributed by atoms with Crippen molar-refractivity contribution >= 4 is 0 Å². The minimum atomic E-state index is -0.180. The Morgan fingerprint density at radius 3 is 2.17 bits per heavy atom. The molecule has 0 saturated heterocycles. The molecule has 2 heteroatoms. The predicted octanol–water partition coefficient (Wildman–Crippen LogP) is 10.9. The van der Waals surface area contributed by atoms with Crippen LogP contribution in [0.2, 0.25) is 0 Å². The van der Waals surface area contributed by atoms with Crippen LogP contribution in [0.4, 0.5) is 4.39 Å². The maximum atomic E-state index is 15.3. The smallest absolute Gasteiger partial charge is 0.134 e. The van der Waals surface area contributed by atoms with Crippen LogP contribution < -0.4 is 4.74 Å². The maximum absolute atomic E-state index is 15.3. The van der Waals surface area contributed by atoms with Crippen LogP contribution in [-0.4, -0.2) is 6.10 Å². The molecule has 0 aromatic heterocycles. The Morgan fingerprint density at radius 2 is 1.50 bits per heavy atom. The summed E-state index contributed by atoms with van der Waals surface area (Å²) in [5.74, 6) is 1.70. The van der Waals surface area contributed by atoms with Crippen molar-refractivity contribution in [1.82, 2.24) is 0 Å². The topological polar surface area (TPSA) is 9.23 Å². The van der Waals surface area contributed by atoms with Gasteiger partial charge in [0.15, 0.2) is 0 Å². The second kappa shape index (κ2) is 16.1. The number of benzene rings is 2. The lowest BCUT2D eigenvalue weighted by molar-refractivity contribution is 0.0458. The van der Waals surface area contributed by atoms with E-state index in [9.17, 15) is 0 Å². The summed E-state index contributed by atoms with van der Waals surface area (Å²) in [5.41, 5.74) is 2.91. The van der Waals surface area contributed by atoms with Crippen LogP contribution in [0.5, 0.6) is 5.75 Å². The predicted molar refractivity (Wildman–Crippen MR) is 153 cm³/mol. The third-order valence-electron chi connectivity index (χ3n) is 8.18. The van der Waals surface area contributed by atoms with Gasteiger partial charge in [-0.15, -0.1) is 0 Å². The molecule has 2 aromatic rings. The van der Waals surface area contributed by atoms with E-state index >= 15 is 4.39 Å². The summed E-state index contributed by atoms with van der Waals surface area (Å²) in [6.45, 7) is 6.76. The Hall–Kier alpha value is -1.83. The lowest BCUT2D eigenvalue weighted by Crippen LogP contribution is -2.36. The number of hydrogen-bond acceptors (Lipinski definition) is 1. The molecule has 0 amide bonds. The molecule has 0 bridgehead atoms. The van der Waals surface area contributed by atoms with Crippen molar-refractivity contribution in [2.75, 3.05) is 0 Å². The minimum Gasteiger partial charge on any atom is -0.490 e. The number of aryl methyl sites for hydroxylation is 1. The largest absolute Gasteiger partial charge is 0.490 e. The molecule has 0 spiro atoms. The molecule has 1 saturated carbocycles. The highest BCUT2D eigenvalue weighted by molar-refractivity contribution is 5.65. The van der Waals surface area contributed by atoms with Crippen molar-refractivity contribution < 1.29 is 9.13 Å². The first-order chi connectivity index (χ1) is 17.7. The van der Waals surface area contributed by atoms with Crippen LogP contribution in [0, 0.1) is 17.7 Å². The highest BCUT2D eigenvalue weighted by Crippen LogP contribution is 2.37. The molecule has 200 valence electrons. The van der Waals surface area contributed by atoms with Gasteiger partial charge < -0.3 is 4.74 Å². The third-order valence-corrected chi connectivity index (χ3v) is 8.18. The van der Waals surface area contributed by atoms with E-state index in [0.29, 0.717) is 23.1 Å². The highest BCUT2D eigenvalue weighted by atomic mass is 19.1. The summed E-state index contributed by atoms with van der Waals surface area (Å²) in [6.07, 6.45) is 20.5. The third kappa shape index (κ3) is 8.93. The molecule has 0 radical (unpaired) electrons. The second-order valence-electron chi connectivity index (χ2n) is 11.2. The van der Waals surface area contributed by atoms with Gasteiger partial charge in [-0.2, -0.15) is 0 Å². The van der Waals surface area contributed by atoms with Crippen molar-refractivity contribution in [3.63, 3.8) is 0 Å². The molecule has 1 aliphatic rings. The van der Waals surface area contributed by atoms with Gasteiger partial charge >= 0.3 is 0 Å². The van der Waals surface area contributed by atoms with Gasteiger partial charge in [0.2, 0.25) is 0 Å². The van der Waals surface area contributed by atoms with Crippen molar-refractivity contribution in [1.29, 1.82) is 0 Å². The van der Waals surface area contributed by atoms with Crippen molar-refractivity contribution in [2.24, 2.45) is 11.8 Å². The minimum absolute atomic E-state index is 0.180. The molecule has 0 heterocycles. The van der Waals surface area contributed by atoms with Gasteiger partial charge in [-0.3, -0.25) is 0 Å². The molecule has 0 N–H and O–H groups in total. The number of ether oxygens (including phenoxy) is 1. The molecule has 2 unspecified atom stereocenters. The number of hydrogen-bond donors (Lipinski definition) is 0. The molecule has 2 aromatic carbocycles. The van der Waals surface area contributed by atoms with E-state index in [1.807, 2.05) is 24.3 Å². The summed E-state index contributed by atoms with van der Waals surface area (Å²) >= 11 is 0. The number of rotatable bonds is 16. The van der Waals surface area contributed by atoms with E-state index in [1.54, 1.807) is 6.07 Å². The Bertz CT molecular complexity index is 852. The first kappa shape index (κ1) is 28.7. The highest BCUT2D eigenvalue weighted by Gasteiger charge is 2.32.